The van der Waals surface area contributed by atoms with Gasteiger partial charge < -0.3 is 10.6 Å². The average Bonchev–Trinajstić information content (AvgIpc) is 2.40. The van der Waals surface area contributed by atoms with E-state index < -0.39 is 0 Å². The number of hydrogen-bond donors (Lipinski definition) is 2. The van der Waals surface area contributed by atoms with Crippen LogP contribution in [-0.4, -0.2) is 13.0 Å². The molecule has 0 heterocycles. The maximum Gasteiger partial charge on any atom is 0.227 e. The molecular formula is C15H24N2O. The number of rotatable bonds is 6. The summed E-state index contributed by atoms with van der Waals surface area (Å²) < 4.78 is 0. The Kier molecular flexibility index (Phi) is 5.86. The van der Waals surface area contributed by atoms with E-state index in [9.17, 15) is 4.79 Å². The van der Waals surface area contributed by atoms with E-state index in [-0.39, 0.29) is 11.8 Å². The van der Waals surface area contributed by atoms with Crippen LogP contribution in [-0.2, 0) is 4.79 Å². The van der Waals surface area contributed by atoms with E-state index >= 15 is 0 Å². The van der Waals surface area contributed by atoms with Gasteiger partial charge in [0.1, 0.15) is 0 Å². The van der Waals surface area contributed by atoms with Crippen LogP contribution in [0.5, 0.6) is 0 Å². The van der Waals surface area contributed by atoms with Gasteiger partial charge in [0.15, 0.2) is 0 Å². The van der Waals surface area contributed by atoms with Gasteiger partial charge in [-0.3, -0.25) is 4.79 Å². The maximum atomic E-state index is 11.9. The largest absolute Gasteiger partial charge is 0.326 e. The molecule has 0 aliphatic carbocycles. The van der Waals surface area contributed by atoms with E-state index in [4.69, 9.17) is 0 Å². The Morgan fingerprint density at radius 2 is 1.72 bits per heavy atom. The number of hydrogen-bond acceptors (Lipinski definition) is 2. The fourth-order valence-electron chi connectivity index (χ4n) is 1.93. The van der Waals surface area contributed by atoms with Gasteiger partial charge in [0.2, 0.25) is 5.91 Å². The first-order valence-corrected chi connectivity index (χ1v) is 6.70. The van der Waals surface area contributed by atoms with E-state index in [1.54, 1.807) is 0 Å². The summed E-state index contributed by atoms with van der Waals surface area (Å²) in [4.78, 5) is 11.9. The topological polar surface area (TPSA) is 41.1 Å². The molecule has 0 bridgehead atoms. The van der Waals surface area contributed by atoms with Gasteiger partial charge in [-0.1, -0.05) is 26.0 Å². The Bertz CT molecular complexity index is 369. The second-order valence-electron chi connectivity index (χ2n) is 4.64. The minimum absolute atomic E-state index is 0.112. The second-order valence-corrected chi connectivity index (χ2v) is 4.64. The van der Waals surface area contributed by atoms with Crippen LogP contribution in [0.1, 0.15) is 45.2 Å². The van der Waals surface area contributed by atoms with Gasteiger partial charge in [-0.2, -0.15) is 0 Å². The summed E-state index contributed by atoms with van der Waals surface area (Å²) in [7, 11) is 1.94. The molecule has 1 aromatic carbocycles. The third-order valence-electron chi connectivity index (χ3n) is 3.47. The SMILES string of the molecule is CCC(CC)C(=O)Nc1ccc(C(C)NC)cc1. The minimum Gasteiger partial charge on any atom is -0.326 e. The lowest BCUT2D eigenvalue weighted by Crippen LogP contribution is -2.21. The zero-order chi connectivity index (χ0) is 13.5. The Balaban J connectivity index is 2.66. The Labute approximate surface area is 110 Å². The summed E-state index contributed by atoms with van der Waals surface area (Å²) >= 11 is 0. The molecule has 1 aromatic rings. The molecular weight excluding hydrogens is 224 g/mol. The Morgan fingerprint density at radius 1 is 1.17 bits per heavy atom. The van der Waals surface area contributed by atoms with Crippen molar-refractivity contribution in [1.82, 2.24) is 5.32 Å². The van der Waals surface area contributed by atoms with Crippen molar-refractivity contribution >= 4 is 11.6 Å². The molecule has 1 atom stereocenters. The van der Waals surface area contributed by atoms with Crippen LogP contribution < -0.4 is 10.6 Å². The molecule has 0 saturated heterocycles. The van der Waals surface area contributed by atoms with Crippen molar-refractivity contribution in [3.05, 3.63) is 29.8 Å². The third kappa shape index (κ3) is 3.84. The van der Waals surface area contributed by atoms with Crippen LogP contribution >= 0.6 is 0 Å². The average molecular weight is 248 g/mol. The fourth-order valence-corrected chi connectivity index (χ4v) is 1.93. The predicted octanol–water partition coefficient (Wildman–Crippen LogP) is 3.34. The molecule has 0 aliphatic heterocycles. The number of amides is 1. The van der Waals surface area contributed by atoms with Crippen LogP contribution in [0.2, 0.25) is 0 Å². The van der Waals surface area contributed by atoms with Crippen molar-refractivity contribution in [2.24, 2.45) is 5.92 Å². The molecule has 1 amide bonds. The van der Waals surface area contributed by atoms with Crippen molar-refractivity contribution in [3.8, 4) is 0 Å². The van der Waals surface area contributed by atoms with Gasteiger partial charge in [0, 0.05) is 17.6 Å². The van der Waals surface area contributed by atoms with Gasteiger partial charge in [-0.25, -0.2) is 0 Å². The van der Waals surface area contributed by atoms with E-state index in [1.807, 2.05) is 45.2 Å². The highest BCUT2D eigenvalue weighted by molar-refractivity contribution is 5.92. The van der Waals surface area contributed by atoms with Crippen molar-refractivity contribution in [2.75, 3.05) is 12.4 Å². The molecule has 0 aliphatic rings. The third-order valence-corrected chi connectivity index (χ3v) is 3.47. The van der Waals surface area contributed by atoms with E-state index in [0.29, 0.717) is 6.04 Å². The molecule has 3 nitrogen and oxygen atoms in total. The van der Waals surface area contributed by atoms with Crippen molar-refractivity contribution in [2.45, 2.75) is 39.7 Å². The quantitative estimate of drug-likeness (QED) is 0.810. The summed E-state index contributed by atoms with van der Waals surface area (Å²) in [5, 5.41) is 6.16. The second kappa shape index (κ2) is 7.17. The van der Waals surface area contributed by atoms with Crippen LogP contribution in [0, 0.1) is 5.92 Å². The first kappa shape index (κ1) is 14.7. The molecule has 1 unspecified atom stereocenters. The van der Waals surface area contributed by atoms with Crippen LogP contribution in [0.3, 0.4) is 0 Å². The van der Waals surface area contributed by atoms with E-state index in [2.05, 4.69) is 17.6 Å². The number of nitrogens with one attached hydrogen (secondary N) is 2. The predicted molar refractivity (Wildman–Crippen MR) is 76.6 cm³/mol. The first-order chi connectivity index (χ1) is 8.62. The van der Waals surface area contributed by atoms with Crippen molar-refractivity contribution < 1.29 is 4.79 Å². The highest BCUT2D eigenvalue weighted by Gasteiger charge is 2.14. The first-order valence-electron chi connectivity index (χ1n) is 6.70. The lowest BCUT2D eigenvalue weighted by atomic mass is 10.0. The van der Waals surface area contributed by atoms with Gasteiger partial charge in [0.25, 0.3) is 0 Å². The van der Waals surface area contributed by atoms with Gasteiger partial charge in [-0.15, -0.1) is 0 Å². The zero-order valence-electron chi connectivity index (χ0n) is 11.8. The molecule has 0 fully saturated rings. The summed E-state index contributed by atoms with van der Waals surface area (Å²) in [6.07, 6.45) is 1.77. The molecule has 0 aromatic heterocycles. The molecule has 3 heteroatoms. The van der Waals surface area contributed by atoms with Gasteiger partial charge in [-0.05, 0) is 44.5 Å². The van der Waals surface area contributed by atoms with Crippen LogP contribution in [0.15, 0.2) is 24.3 Å². The fraction of sp³-hybridized carbons (Fsp3) is 0.533. The highest BCUT2D eigenvalue weighted by atomic mass is 16.1. The molecule has 1 rings (SSSR count). The standard InChI is InChI=1S/C15H24N2O/c1-5-12(6-2)15(18)17-14-9-7-13(8-10-14)11(3)16-4/h7-12,16H,5-6H2,1-4H3,(H,17,18). The number of anilines is 1. The number of carbonyl (C=O) groups excluding carboxylic acids is 1. The zero-order valence-corrected chi connectivity index (χ0v) is 11.8. The van der Waals surface area contributed by atoms with Crippen LogP contribution in [0.4, 0.5) is 5.69 Å². The molecule has 0 radical (unpaired) electrons. The monoisotopic (exact) mass is 248 g/mol. The van der Waals surface area contributed by atoms with E-state index in [0.717, 1.165) is 18.5 Å². The normalized spacial score (nSPS) is 12.5. The number of carbonyl (C=O) groups is 1. The van der Waals surface area contributed by atoms with Crippen LogP contribution in [0.25, 0.3) is 0 Å². The smallest absolute Gasteiger partial charge is 0.227 e. The van der Waals surface area contributed by atoms with Crippen molar-refractivity contribution in [1.29, 1.82) is 0 Å². The summed E-state index contributed by atoms with van der Waals surface area (Å²) in [6.45, 7) is 6.20. The summed E-state index contributed by atoms with van der Waals surface area (Å²) in [6, 6.07) is 8.34. The molecule has 100 valence electrons. The van der Waals surface area contributed by atoms with E-state index in [1.165, 1.54) is 5.56 Å². The number of benzene rings is 1. The molecule has 2 N–H and O–H groups in total. The Hall–Kier alpha value is -1.35. The lowest BCUT2D eigenvalue weighted by molar-refractivity contribution is -0.120. The lowest BCUT2D eigenvalue weighted by Gasteiger charge is -2.14. The molecule has 0 saturated carbocycles. The minimum atomic E-state index is 0.112. The Morgan fingerprint density at radius 3 is 2.17 bits per heavy atom. The van der Waals surface area contributed by atoms with Gasteiger partial charge >= 0.3 is 0 Å². The summed E-state index contributed by atoms with van der Waals surface area (Å²) in [5.41, 5.74) is 2.09. The summed E-state index contributed by atoms with van der Waals surface area (Å²) in [5.74, 6) is 0.232. The van der Waals surface area contributed by atoms with Gasteiger partial charge in [0.05, 0.1) is 0 Å². The maximum absolute atomic E-state index is 11.9. The highest BCUT2D eigenvalue weighted by Crippen LogP contribution is 2.17. The van der Waals surface area contributed by atoms with Crippen molar-refractivity contribution in [3.63, 3.8) is 0 Å². The molecule has 0 spiro atoms. The molecule has 18 heavy (non-hydrogen) atoms.